The first-order chi connectivity index (χ1) is 18.8. The van der Waals surface area contributed by atoms with Gasteiger partial charge in [-0.2, -0.15) is 4.98 Å². The van der Waals surface area contributed by atoms with Gasteiger partial charge in [0.15, 0.2) is 11.6 Å². The van der Waals surface area contributed by atoms with Crippen molar-refractivity contribution in [2.24, 2.45) is 0 Å². The Hall–Kier alpha value is -4.22. The van der Waals surface area contributed by atoms with Gasteiger partial charge in [-0.15, -0.1) is 10.2 Å². The first kappa shape index (κ1) is 25.1. The van der Waals surface area contributed by atoms with E-state index in [0.717, 1.165) is 47.9 Å². The van der Waals surface area contributed by atoms with Crippen molar-refractivity contribution in [1.29, 1.82) is 0 Å². The molecule has 2 fully saturated rings. The van der Waals surface area contributed by atoms with Crippen molar-refractivity contribution in [2.75, 3.05) is 36.4 Å². The number of hydrogen-bond acceptors (Lipinski definition) is 9. The molecule has 0 atom stereocenters. The number of nitrogens with one attached hydrogen (secondary N) is 2. The van der Waals surface area contributed by atoms with Crippen LogP contribution in [0.4, 0.5) is 22.4 Å². The lowest BCUT2D eigenvalue weighted by atomic mass is 10.2. The van der Waals surface area contributed by atoms with Gasteiger partial charge in [-0.25, -0.2) is 9.78 Å². The van der Waals surface area contributed by atoms with Crippen LogP contribution in [0.25, 0.3) is 21.9 Å². The fourth-order valence-electron chi connectivity index (χ4n) is 5.48. The van der Waals surface area contributed by atoms with Crippen LogP contribution in [0.15, 0.2) is 35.4 Å². The van der Waals surface area contributed by atoms with E-state index >= 15 is 0 Å². The summed E-state index contributed by atoms with van der Waals surface area (Å²) in [6, 6.07) is 5.89. The summed E-state index contributed by atoms with van der Waals surface area (Å²) in [6.45, 7) is 8.00. The zero-order valence-corrected chi connectivity index (χ0v) is 22.5. The first-order valence-electron chi connectivity index (χ1n) is 13.5. The van der Waals surface area contributed by atoms with Crippen LogP contribution in [0.5, 0.6) is 0 Å². The number of nitrogens with zero attached hydrogens (tertiary/aromatic N) is 7. The number of rotatable bonds is 4. The molecule has 5 heterocycles. The second-order valence-corrected chi connectivity index (χ2v) is 11.2. The molecule has 12 nitrogen and oxygen atoms in total. The fraction of sp³-hybridized carbons (Fsp3) is 0.481. The molecule has 0 bridgehead atoms. The lowest BCUT2D eigenvalue weighted by molar-refractivity contribution is 0.0240. The minimum Gasteiger partial charge on any atom is -0.444 e. The van der Waals surface area contributed by atoms with Gasteiger partial charge >= 0.3 is 6.09 Å². The monoisotopic (exact) mass is 531 g/mol. The summed E-state index contributed by atoms with van der Waals surface area (Å²) in [7, 11) is 0. The highest BCUT2D eigenvalue weighted by molar-refractivity contribution is 6.06. The Labute approximate surface area is 225 Å². The summed E-state index contributed by atoms with van der Waals surface area (Å²) < 4.78 is 7.57. The SMILES string of the molecule is CC(C)(C)OC(=O)N1CCN(c2ccc(Nc3ncc4c5cc[nH]c(=O)c5n(C5CCCC5)c4n3)nn2)CC1. The summed E-state index contributed by atoms with van der Waals surface area (Å²) >= 11 is 0. The van der Waals surface area contributed by atoms with E-state index < -0.39 is 5.60 Å². The maximum Gasteiger partial charge on any atom is 0.410 e. The Bertz CT molecular complexity index is 1560. The summed E-state index contributed by atoms with van der Waals surface area (Å²) in [5.41, 5.74) is 0.780. The molecule has 39 heavy (non-hydrogen) atoms. The third kappa shape index (κ3) is 4.98. The number of H-pyrrole nitrogens is 1. The predicted octanol–water partition coefficient (Wildman–Crippen LogP) is 3.98. The average Bonchev–Trinajstić information content (AvgIpc) is 3.55. The molecule has 0 unspecified atom stereocenters. The molecule has 2 aliphatic rings. The van der Waals surface area contributed by atoms with Gasteiger partial charge in [0.05, 0.1) is 0 Å². The van der Waals surface area contributed by atoms with E-state index in [1.807, 2.05) is 39.0 Å². The molecule has 6 rings (SSSR count). The Morgan fingerprint density at radius 2 is 1.82 bits per heavy atom. The van der Waals surface area contributed by atoms with Crippen LogP contribution in [-0.2, 0) is 4.74 Å². The number of anilines is 3. The number of hydrogen-bond donors (Lipinski definition) is 2. The lowest BCUT2D eigenvalue weighted by Gasteiger charge is -2.35. The smallest absolute Gasteiger partial charge is 0.410 e. The third-order valence-corrected chi connectivity index (χ3v) is 7.30. The van der Waals surface area contributed by atoms with Gasteiger partial charge in [-0.05, 0) is 51.8 Å². The molecule has 1 saturated heterocycles. The van der Waals surface area contributed by atoms with E-state index in [0.29, 0.717) is 43.5 Å². The highest BCUT2D eigenvalue weighted by Crippen LogP contribution is 2.36. The molecule has 4 aromatic rings. The van der Waals surface area contributed by atoms with Gasteiger partial charge in [0.2, 0.25) is 5.95 Å². The Morgan fingerprint density at radius 3 is 2.51 bits per heavy atom. The number of aromatic nitrogens is 6. The minimum atomic E-state index is -0.512. The molecule has 2 N–H and O–H groups in total. The third-order valence-electron chi connectivity index (χ3n) is 7.30. The second-order valence-electron chi connectivity index (χ2n) is 11.2. The Kier molecular flexibility index (Phi) is 6.32. The average molecular weight is 532 g/mol. The van der Waals surface area contributed by atoms with Crippen molar-refractivity contribution in [1.82, 2.24) is 34.6 Å². The predicted molar refractivity (Wildman–Crippen MR) is 148 cm³/mol. The molecule has 1 aliphatic heterocycles. The molecule has 1 saturated carbocycles. The van der Waals surface area contributed by atoms with E-state index in [4.69, 9.17) is 9.72 Å². The van der Waals surface area contributed by atoms with Gasteiger partial charge in [-0.1, -0.05) is 12.8 Å². The maximum atomic E-state index is 12.8. The summed E-state index contributed by atoms with van der Waals surface area (Å²) in [4.78, 5) is 41.1. The van der Waals surface area contributed by atoms with Gasteiger partial charge in [0, 0.05) is 55.4 Å². The normalized spacial score (nSPS) is 16.8. The zero-order chi connectivity index (χ0) is 27.1. The van der Waals surface area contributed by atoms with Crippen molar-refractivity contribution in [3.05, 3.63) is 40.9 Å². The summed E-state index contributed by atoms with van der Waals surface area (Å²) in [5.74, 6) is 1.65. The number of amides is 1. The highest BCUT2D eigenvalue weighted by Gasteiger charge is 2.27. The van der Waals surface area contributed by atoms with Gasteiger partial charge in [0.1, 0.15) is 16.8 Å². The van der Waals surface area contributed by atoms with Crippen LogP contribution in [-0.4, -0.2) is 72.5 Å². The van der Waals surface area contributed by atoms with E-state index in [-0.39, 0.29) is 17.7 Å². The van der Waals surface area contributed by atoms with Gasteiger partial charge in [0.25, 0.3) is 5.56 Å². The number of ether oxygens (including phenoxy) is 1. The van der Waals surface area contributed by atoms with Crippen LogP contribution in [0.2, 0.25) is 0 Å². The van der Waals surface area contributed by atoms with Crippen molar-refractivity contribution < 1.29 is 9.53 Å². The standard InChI is InChI=1S/C27H33N9O3/c1-27(2,3)39-26(38)35-14-12-34(13-15-35)21-9-8-20(32-33-21)30-25-29-16-19-18-10-11-28-24(37)22(18)36(23(19)31-25)17-6-4-5-7-17/h8-11,16-17H,4-7,12-15H2,1-3H3,(H,28,37)(H,29,30,31,32). The minimum absolute atomic E-state index is 0.111. The Morgan fingerprint density at radius 1 is 1.05 bits per heavy atom. The van der Waals surface area contributed by atoms with Crippen LogP contribution in [0.3, 0.4) is 0 Å². The number of carbonyl (C=O) groups excluding carboxylic acids is 1. The summed E-state index contributed by atoms with van der Waals surface area (Å²) in [6.07, 6.45) is 7.49. The van der Waals surface area contributed by atoms with E-state index in [9.17, 15) is 9.59 Å². The molecule has 12 heteroatoms. The highest BCUT2D eigenvalue weighted by atomic mass is 16.6. The number of carbonyl (C=O) groups is 1. The van der Waals surface area contributed by atoms with E-state index in [1.165, 1.54) is 0 Å². The molecular weight excluding hydrogens is 498 g/mol. The zero-order valence-electron chi connectivity index (χ0n) is 22.5. The van der Waals surface area contributed by atoms with Crippen LogP contribution < -0.4 is 15.8 Å². The second kappa shape index (κ2) is 9.83. The molecule has 0 spiro atoms. The van der Waals surface area contributed by atoms with Crippen molar-refractivity contribution >= 4 is 45.6 Å². The molecule has 1 amide bonds. The van der Waals surface area contributed by atoms with Crippen molar-refractivity contribution in [3.8, 4) is 0 Å². The number of aromatic amines is 1. The number of fused-ring (bicyclic) bond motifs is 3. The topological polar surface area (TPSA) is 134 Å². The number of pyridine rings is 1. The van der Waals surface area contributed by atoms with Crippen LogP contribution in [0, 0.1) is 0 Å². The van der Waals surface area contributed by atoms with Gasteiger partial charge < -0.3 is 29.4 Å². The number of piperazine rings is 1. The van der Waals surface area contributed by atoms with Crippen LogP contribution in [0.1, 0.15) is 52.5 Å². The molecular formula is C27H33N9O3. The van der Waals surface area contributed by atoms with E-state index in [2.05, 4.69) is 34.9 Å². The summed E-state index contributed by atoms with van der Waals surface area (Å²) in [5, 5.41) is 13.6. The van der Waals surface area contributed by atoms with Gasteiger partial charge in [-0.3, -0.25) is 4.79 Å². The molecule has 0 aromatic carbocycles. The molecule has 1 aliphatic carbocycles. The van der Waals surface area contributed by atoms with Crippen molar-refractivity contribution in [2.45, 2.75) is 58.1 Å². The molecule has 0 radical (unpaired) electrons. The van der Waals surface area contributed by atoms with Crippen LogP contribution >= 0.6 is 0 Å². The first-order valence-corrected chi connectivity index (χ1v) is 13.5. The molecule has 204 valence electrons. The lowest BCUT2D eigenvalue weighted by Crippen LogP contribution is -2.50. The van der Waals surface area contributed by atoms with E-state index in [1.54, 1.807) is 17.3 Å². The fourth-order valence-corrected chi connectivity index (χ4v) is 5.48. The van der Waals surface area contributed by atoms with Crippen molar-refractivity contribution in [3.63, 3.8) is 0 Å². The quantitative estimate of drug-likeness (QED) is 0.401. The largest absolute Gasteiger partial charge is 0.444 e. The maximum absolute atomic E-state index is 12.8. The molecule has 4 aromatic heterocycles. The Balaban J connectivity index is 1.19.